The molecule has 6 heteroatoms. The van der Waals surface area contributed by atoms with Gasteiger partial charge in [0.2, 0.25) is 5.43 Å². The second-order valence-electron chi connectivity index (χ2n) is 6.08. The van der Waals surface area contributed by atoms with Crippen LogP contribution in [0.15, 0.2) is 29.2 Å². The molecule has 0 radical (unpaired) electrons. The van der Waals surface area contributed by atoms with E-state index in [1.54, 1.807) is 19.2 Å². The van der Waals surface area contributed by atoms with Crippen molar-refractivity contribution in [2.75, 3.05) is 6.61 Å². The molecule has 1 aliphatic rings. The number of esters is 1. The molecule has 3 rings (SSSR count). The van der Waals surface area contributed by atoms with Crippen LogP contribution in [0.5, 0.6) is 0 Å². The van der Waals surface area contributed by atoms with Crippen molar-refractivity contribution in [3.63, 3.8) is 0 Å². The number of halogens is 1. The van der Waals surface area contributed by atoms with Gasteiger partial charge < -0.3 is 14.4 Å². The highest BCUT2D eigenvalue weighted by atomic mass is 127. The Balaban J connectivity index is 2.25. The number of hydrogen-bond acceptors (Lipinski definition) is 4. The Labute approximate surface area is 153 Å². The molecule has 1 aromatic heterocycles. The Morgan fingerprint density at radius 3 is 2.83 bits per heavy atom. The van der Waals surface area contributed by atoms with Crippen molar-refractivity contribution in [3.05, 3.63) is 43.8 Å². The van der Waals surface area contributed by atoms with Gasteiger partial charge in [-0.1, -0.05) is 12.8 Å². The molecule has 2 aromatic rings. The van der Waals surface area contributed by atoms with Crippen molar-refractivity contribution >= 4 is 39.5 Å². The molecule has 0 spiro atoms. The SMILES string of the molecule is CCOC(=O)c1cn(C2CCCCC2O)c2ccc(I)cc2c1=O. The van der Waals surface area contributed by atoms with Gasteiger partial charge in [-0.05, 0) is 60.6 Å². The number of pyridine rings is 1. The maximum atomic E-state index is 12.7. The van der Waals surface area contributed by atoms with E-state index >= 15 is 0 Å². The molecule has 24 heavy (non-hydrogen) atoms. The molecule has 2 atom stereocenters. The van der Waals surface area contributed by atoms with Gasteiger partial charge in [-0.15, -0.1) is 0 Å². The van der Waals surface area contributed by atoms with Gasteiger partial charge in [0.05, 0.1) is 24.3 Å². The van der Waals surface area contributed by atoms with Crippen molar-refractivity contribution in [3.8, 4) is 0 Å². The molecule has 0 aliphatic heterocycles. The van der Waals surface area contributed by atoms with Gasteiger partial charge in [-0.25, -0.2) is 4.79 Å². The summed E-state index contributed by atoms with van der Waals surface area (Å²) < 4.78 is 7.86. The summed E-state index contributed by atoms with van der Waals surface area (Å²) in [4.78, 5) is 24.9. The van der Waals surface area contributed by atoms with Crippen LogP contribution in [0.4, 0.5) is 0 Å². The summed E-state index contributed by atoms with van der Waals surface area (Å²) in [5.41, 5.74) is 0.465. The van der Waals surface area contributed by atoms with Crippen LogP contribution in [0, 0.1) is 3.57 Å². The third kappa shape index (κ3) is 3.21. The van der Waals surface area contributed by atoms with Gasteiger partial charge in [0.15, 0.2) is 0 Å². The number of aromatic nitrogens is 1. The zero-order valence-electron chi connectivity index (χ0n) is 13.5. The molecular weight excluding hydrogens is 421 g/mol. The lowest BCUT2D eigenvalue weighted by molar-refractivity contribution is 0.0519. The first-order valence-corrected chi connectivity index (χ1v) is 9.30. The first-order valence-electron chi connectivity index (χ1n) is 8.22. The summed E-state index contributed by atoms with van der Waals surface area (Å²) in [6.07, 6.45) is 4.67. The van der Waals surface area contributed by atoms with Crippen LogP contribution in [0.2, 0.25) is 0 Å². The van der Waals surface area contributed by atoms with Crippen LogP contribution < -0.4 is 5.43 Å². The van der Waals surface area contributed by atoms with Crippen molar-refractivity contribution in [1.29, 1.82) is 0 Å². The second-order valence-corrected chi connectivity index (χ2v) is 7.33. The number of hydrogen-bond donors (Lipinski definition) is 1. The van der Waals surface area contributed by atoms with Gasteiger partial charge in [0.25, 0.3) is 0 Å². The number of ether oxygens (including phenoxy) is 1. The Morgan fingerprint density at radius 1 is 1.38 bits per heavy atom. The smallest absolute Gasteiger partial charge is 0.343 e. The number of benzene rings is 1. The summed E-state index contributed by atoms with van der Waals surface area (Å²) in [6.45, 7) is 1.93. The number of aliphatic hydroxyl groups is 1. The van der Waals surface area contributed by atoms with Crippen LogP contribution in [0.1, 0.15) is 49.0 Å². The first kappa shape index (κ1) is 17.4. The highest BCUT2D eigenvalue weighted by Crippen LogP contribution is 2.31. The number of rotatable bonds is 3. The lowest BCUT2D eigenvalue weighted by atomic mass is 9.91. The third-order valence-corrected chi connectivity index (χ3v) is 5.21. The van der Waals surface area contributed by atoms with E-state index in [9.17, 15) is 14.7 Å². The molecule has 0 amide bonds. The molecule has 1 heterocycles. The molecule has 128 valence electrons. The molecule has 1 N–H and O–H groups in total. The zero-order valence-corrected chi connectivity index (χ0v) is 15.7. The molecule has 0 bridgehead atoms. The van der Waals surface area contributed by atoms with E-state index < -0.39 is 12.1 Å². The largest absolute Gasteiger partial charge is 0.462 e. The molecule has 1 aromatic carbocycles. The van der Waals surface area contributed by atoms with Crippen LogP contribution in [-0.2, 0) is 4.74 Å². The lowest BCUT2D eigenvalue weighted by Gasteiger charge is -2.31. The van der Waals surface area contributed by atoms with Crippen LogP contribution >= 0.6 is 22.6 Å². The van der Waals surface area contributed by atoms with Gasteiger partial charge >= 0.3 is 5.97 Å². The fourth-order valence-corrected chi connectivity index (χ4v) is 3.86. The van der Waals surface area contributed by atoms with E-state index in [0.29, 0.717) is 5.39 Å². The molecule has 2 unspecified atom stereocenters. The minimum atomic E-state index is -0.609. The summed E-state index contributed by atoms with van der Waals surface area (Å²) in [6, 6.07) is 5.47. The summed E-state index contributed by atoms with van der Waals surface area (Å²) in [5, 5.41) is 10.9. The van der Waals surface area contributed by atoms with Crippen molar-refractivity contribution < 1.29 is 14.6 Å². The van der Waals surface area contributed by atoms with Crippen LogP contribution in [0.3, 0.4) is 0 Å². The maximum absolute atomic E-state index is 12.7. The maximum Gasteiger partial charge on any atom is 0.343 e. The number of fused-ring (bicyclic) bond motifs is 1. The number of carbonyl (C=O) groups excluding carboxylic acids is 1. The number of carbonyl (C=O) groups is 1. The highest BCUT2D eigenvalue weighted by Gasteiger charge is 2.27. The third-order valence-electron chi connectivity index (χ3n) is 4.54. The fraction of sp³-hybridized carbons (Fsp3) is 0.444. The average molecular weight is 441 g/mol. The van der Waals surface area contributed by atoms with E-state index in [1.165, 1.54) is 0 Å². The van der Waals surface area contributed by atoms with Gasteiger partial charge in [0.1, 0.15) is 5.56 Å². The van der Waals surface area contributed by atoms with Crippen molar-refractivity contribution in [2.45, 2.75) is 44.8 Å². The lowest BCUT2D eigenvalue weighted by Crippen LogP contribution is -2.30. The normalized spacial score (nSPS) is 21.0. The molecule has 5 nitrogen and oxygen atoms in total. The highest BCUT2D eigenvalue weighted by molar-refractivity contribution is 14.1. The van der Waals surface area contributed by atoms with E-state index in [2.05, 4.69) is 22.6 Å². The second kappa shape index (κ2) is 7.23. The van der Waals surface area contributed by atoms with Gasteiger partial charge in [-0.2, -0.15) is 0 Å². The average Bonchev–Trinajstić information content (AvgIpc) is 2.56. The Bertz CT molecular complexity index is 830. The minimum Gasteiger partial charge on any atom is -0.462 e. The zero-order chi connectivity index (χ0) is 17.3. The summed E-state index contributed by atoms with van der Waals surface area (Å²) >= 11 is 2.15. The number of nitrogens with zero attached hydrogens (tertiary/aromatic N) is 1. The van der Waals surface area contributed by atoms with Crippen molar-refractivity contribution in [2.24, 2.45) is 0 Å². The molecule has 1 aliphatic carbocycles. The van der Waals surface area contributed by atoms with Crippen LogP contribution in [-0.4, -0.2) is 28.4 Å². The monoisotopic (exact) mass is 441 g/mol. The number of aliphatic hydroxyl groups excluding tert-OH is 1. The van der Waals surface area contributed by atoms with E-state index in [4.69, 9.17) is 4.74 Å². The van der Waals surface area contributed by atoms with E-state index in [0.717, 1.165) is 34.8 Å². The quantitative estimate of drug-likeness (QED) is 0.587. The predicted octanol–water partition coefficient (Wildman–Crippen LogP) is 3.26. The standard InChI is InChI=1S/C18H20INO4/c1-2-24-18(23)13-10-20(15-5-3-4-6-16(15)21)14-8-7-11(19)9-12(14)17(13)22/h7-10,15-16,21H,2-6H2,1H3. The van der Waals surface area contributed by atoms with E-state index in [1.807, 2.05) is 16.7 Å². The predicted molar refractivity (Wildman–Crippen MR) is 100 cm³/mol. The molecule has 1 fully saturated rings. The molecular formula is C18H20INO4. The van der Waals surface area contributed by atoms with Crippen LogP contribution in [0.25, 0.3) is 10.9 Å². The minimum absolute atomic E-state index is 0.0316. The van der Waals surface area contributed by atoms with Gasteiger partial charge in [0, 0.05) is 15.2 Å². The Kier molecular flexibility index (Phi) is 5.24. The topological polar surface area (TPSA) is 68.5 Å². The van der Waals surface area contributed by atoms with Gasteiger partial charge in [-0.3, -0.25) is 4.79 Å². The molecule has 0 saturated heterocycles. The fourth-order valence-electron chi connectivity index (χ4n) is 3.37. The first-order chi connectivity index (χ1) is 11.5. The summed E-state index contributed by atoms with van der Waals surface area (Å²) in [7, 11) is 0. The summed E-state index contributed by atoms with van der Waals surface area (Å²) in [5.74, 6) is -0.609. The Morgan fingerprint density at radius 2 is 2.12 bits per heavy atom. The molecule has 1 saturated carbocycles. The van der Waals surface area contributed by atoms with Crippen molar-refractivity contribution in [1.82, 2.24) is 4.57 Å². The van der Waals surface area contributed by atoms with E-state index in [-0.39, 0.29) is 23.6 Å². The Hall–Kier alpha value is -1.41.